The van der Waals surface area contributed by atoms with E-state index in [-0.39, 0.29) is 11.7 Å². The number of carbonyl (C=O) groups excluding carboxylic acids is 2. The number of benzene rings is 2. The minimum Gasteiger partial charge on any atom is -0.490 e. The molecule has 1 saturated heterocycles. The van der Waals surface area contributed by atoms with Gasteiger partial charge in [0.15, 0.2) is 11.5 Å². The predicted octanol–water partition coefficient (Wildman–Crippen LogP) is 5.35. The highest BCUT2D eigenvalue weighted by molar-refractivity contribution is 8.26. The van der Waals surface area contributed by atoms with Crippen LogP contribution >= 0.6 is 35.6 Å². The van der Waals surface area contributed by atoms with Gasteiger partial charge in [-0.15, -0.1) is 6.58 Å². The van der Waals surface area contributed by atoms with Gasteiger partial charge in [0.25, 0.3) is 5.91 Å². The lowest BCUT2D eigenvalue weighted by Gasteiger charge is -2.12. The van der Waals surface area contributed by atoms with Gasteiger partial charge in [-0.05, 0) is 55.0 Å². The normalized spacial score (nSPS) is 14.9. The van der Waals surface area contributed by atoms with Gasteiger partial charge >= 0.3 is 5.97 Å². The number of thioether (sulfide) groups is 1. The minimum atomic E-state index is -0.523. The summed E-state index contributed by atoms with van der Waals surface area (Å²) in [4.78, 5) is 26.9. The number of thiocarbonyl (C=S) groups is 1. The number of carbonyl (C=O) groups is 2. The molecule has 0 aromatic heterocycles. The van der Waals surface area contributed by atoms with E-state index in [1.807, 2.05) is 6.92 Å². The van der Waals surface area contributed by atoms with Crippen molar-refractivity contribution < 1.29 is 19.1 Å². The summed E-state index contributed by atoms with van der Waals surface area (Å²) in [5.41, 5.74) is 1.10. The molecule has 0 saturated carbocycles. The average Bonchev–Trinajstić information content (AvgIpc) is 2.98. The Hall–Kier alpha value is -2.61. The molecular formula is C22H18ClNO4S2. The fraction of sp³-hybridized carbons (Fsp3) is 0.136. The van der Waals surface area contributed by atoms with Gasteiger partial charge < -0.3 is 9.47 Å². The number of nitrogens with zero attached hydrogens (tertiary/aromatic N) is 1. The zero-order chi connectivity index (χ0) is 21.7. The molecule has 0 bridgehead atoms. The Morgan fingerprint density at radius 1 is 1.23 bits per heavy atom. The molecule has 0 atom stereocenters. The van der Waals surface area contributed by atoms with Crippen LogP contribution < -0.4 is 9.47 Å². The van der Waals surface area contributed by atoms with Crippen molar-refractivity contribution in [2.75, 3.05) is 13.2 Å². The Balaban J connectivity index is 1.84. The monoisotopic (exact) mass is 459 g/mol. The first-order valence-corrected chi connectivity index (χ1v) is 10.6. The third-order valence-electron chi connectivity index (χ3n) is 4.03. The average molecular weight is 460 g/mol. The number of ether oxygens (including phenoxy) is 2. The molecule has 3 rings (SSSR count). The van der Waals surface area contributed by atoms with E-state index < -0.39 is 5.97 Å². The van der Waals surface area contributed by atoms with Gasteiger partial charge in [-0.3, -0.25) is 9.69 Å². The SMILES string of the molecule is C=CCN1C(=O)/C(=C/c2ccc(OC(=O)c3ccc(Cl)cc3)c(OCC)c2)SC1=S. The Morgan fingerprint density at radius 2 is 1.97 bits per heavy atom. The summed E-state index contributed by atoms with van der Waals surface area (Å²) in [7, 11) is 0. The maximum absolute atomic E-state index is 12.5. The molecule has 154 valence electrons. The van der Waals surface area contributed by atoms with Crippen molar-refractivity contribution in [2.45, 2.75) is 6.92 Å². The van der Waals surface area contributed by atoms with E-state index in [4.69, 9.17) is 33.3 Å². The zero-order valence-electron chi connectivity index (χ0n) is 16.1. The molecule has 1 amide bonds. The highest BCUT2D eigenvalue weighted by Gasteiger charge is 2.31. The van der Waals surface area contributed by atoms with E-state index in [0.717, 1.165) is 5.56 Å². The summed E-state index contributed by atoms with van der Waals surface area (Å²) in [5.74, 6) is -0.00458. The third kappa shape index (κ3) is 5.11. The van der Waals surface area contributed by atoms with Crippen molar-refractivity contribution >= 4 is 57.9 Å². The van der Waals surface area contributed by atoms with Crippen LogP contribution in [0, 0.1) is 0 Å². The fourth-order valence-electron chi connectivity index (χ4n) is 2.65. The summed E-state index contributed by atoms with van der Waals surface area (Å²) in [6, 6.07) is 11.5. The topological polar surface area (TPSA) is 55.8 Å². The number of hydrogen-bond donors (Lipinski definition) is 0. The van der Waals surface area contributed by atoms with Gasteiger partial charge in [0.1, 0.15) is 4.32 Å². The quantitative estimate of drug-likeness (QED) is 0.183. The molecule has 0 N–H and O–H groups in total. The highest BCUT2D eigenvalue weighted by atomic mass is 35.5. The highest BCUT2D eigenvalue weighted by Crippen LogP contribution is 2.35. The maximum Gasteiger partial charge on any atom is 0.343 e. The van der Waals surface area contributed by atoms with Crippen LogP contribution in [0.2, 0.25) is 5.02 Å². The van der Waals surface area contributed by atoms with E-state index in [1.54, 1.807) is 54.6 Å². The van der Waals surface area contributed by atoms with Crippen LogP contribution in [0.4, 0.5) is 0 Å². The molecule has 0 spiro atoms. The van der Waals surface area contributed by atoms with Crippen LogP contribution in [0.1, 0.15) is 22.8 Å². The predicted molar refractivity (Wildman–Crippen MR) is 124 cm³/mol. The van der Waals surface area contributed by atoms with E-state index in [2.05, 4.69) is 6.58 Å². The second-order valence-electron chi connectivity index (χ2n) is 6.12. The molecule has 2 aromatic carbocycles. The Bertz CT molecular complexity index is 1030. The first-order valence-electron chi connectivity index (χ1n) is 9.03. The molecule has 8 heteroatoms. The van der Waals surface area contributed by atoms with Crippen LogP contribution in [0.15, 0.2) is 60.0 Å². The largest absolute Gasteiger partial charge is 0.490 e. The molecule has 1 heterocycles. The van der Waals surface area contributed by atoms with Gasteiger partial charge in [0.2, 0.25) is 0 Å². The number of halogens is 1. The molecule has 1 aliphatic heterocycles. The second-order valence-corrected chi connectivity index (χ2v) is 8.23. The van der Waals surface area contributed by atoms with Crippen LogP contribution in [0.25, 0.3) is 6.08 Å². The Labute approximate surface area is 189 Å². The third-order valence-corrected chi connectivity index (χ3v) is 5.66. The van der Waals surface area contributed by atoms with E-state index in [9.17, 15) is 9.59 Å². The lowest BCUT2D eigenvalue weighted by Crippen LogP contribution is -2.27. The van der Waals surface area contributed by atoms with Gasteiger partial charge in [-0.1, -0.05) is 47.7 Å². The van der Waals surface area contributed by atoms with Crippen LogP contribution in [0.5, 0.6) is 11.5 Å². The number of rotatable bonds is 7. The molecule has 2 aromatic rings. The van der Waals surface area contributed by atoms with Crippen LogP contribution in [-0.2, 0) is 4.79 Å². The van der Waals surface area contributed by atoms with Crippen molar-refractivity contribution in [3.05, 3.63) is 76.2 Å². The number of hydrogen-bond acceptors (Lipinski definition) is 6. The minimum absolute atomic E-state index is 0.166. The van der Waals surface area contributed by atoms with Crippen molar-refractivity contribution in [3.8, 4) is 11.5 Å². The summed E-state index contributed by atoms with van der Waals surface area (Å²) in [6.07, 6.45) is 3.36. The Kier molecular flexibility index (Phi) is 7.31. The van der Waals surface area contributed by atoms with Crippen molar-refractivity contribution in [1.29, 1.82) is 0 Å². The molecule has 0 radical (unpaired) electrons. The van der Waals surface area contributed by atoms with Gasteiger partial charge in [-0.2, -0.15) is 0 Å². The molecule has 1 fully saturated rings. The lowest BCUT2D eigenvalue weighted by molar-refractivity contribution is -0.121. The van der Waals surface area contributed by atoms with Gasteiger partial charge in [-0.25, -0.2) is 4.79 Å². The van der Waals surface area contributed by atoms with Crippen molar-refractivity contribution in [2.24, 2.45) is 0 Å². The standard InChI is InChI=1S/C22H18ClNO4S2/c1-3-11-24-20(25)19(30-22(24)29)13-14-5-10-17(18(12-14)27-4-2)28-21(26)15-6-8-16(23)9-7-15/h3,5-10,12-13H,1,4,11H2,2H3/b19-13-. The summed E-state index contributed by atoms with van der Waals surface area (Å²) in [5, 5.41) is 0.532. The molecule has 30 heavy (non-hydrogen) atoms. The van der Waals surface area contributed by atoms with Crippen molar-refractivity contribution in [3.63, 3.8) is 0 Å². The maximum atomic E-state index is 12.5. The molecule has 0 unspecified atom stereocenters. The summed E-state index contributed by atoms with van der Waals surface area (Å²) >= 11 is 12.3. The van der Waals surface area contributed by atoms with Crippen LogP contribution in [-0.4, -0.2) is 34.2 Å². The molecule has 0 aliphatic carbocycles. The number of amides is 1. The van der Waals surface area contributed by atoms with E-state index in [1.165, 1.54) is 16.7 Å². The second kappa shape index (κ2) is 9.93. The van der Waals surface area contributed by atoms with Crippen LogP contribution in [0.3, 0.4) is 0 Å². The molecule has 1 aliphatic rings. The first-order chi connectivity index (χ1) is 14.4. The van der Waals surface area contributed by atoms with E-state index in [0.29, 0.717) is 38.7 Å². The summed E-state index contributed by atoms with van der Waals surface area (Å²) < 4.78 is 11.6. The van der Waals surface area contributed by atoms with Gasteiger partial charge in [0.05, 0.1) is 17.1 Å². The molecular weight excluding hydrogens is 442 g/mol. The Morgan fingerprint density at radius 3 is 2.63 bits per heavy atom. The lowest BCUT2D eigenvalue weighted by atomic mass is 10.1. The fourth-order valence-corrected chi connectivity index (χ4v) is 4.05. The zero-order valence-corrected chi connectivity index (χ0v) is 18.5. The smallest absolute Gasteiger partial charge is 0.343 e. The molecule has 5 nitrogen and oxygen atoms in total. The van der Waals surface area contributed by atoms with Gasteiger partial charge in [0, 0.05) is 11.6 Å². The number of esters is 1. The first kappa shape index (κ1) is 22.1. The van der Waals surface area contributed by atoms with E-state index >= 15 is 0 Å². The van der Waals surface area contributed by atoms with Crippen molar-refractivity contribution in [1.82, 2.24) is 4.90 Å². The summed E-state index contributed by atoms with van der Waals surface area (Å²) in [6.45, 7) is 6.23.